The fourth-order valence-corrected chi connectivity index (χ4v) is 9.39. The van der Waals surface area contributed by atoms with Crippen molar-refractivity contribution >= 4 is 17.5 Å². The molecule has 1 saturated carbocycles. The van der Waals surface area contributed by atoms with Crippen LogP contribution >= 0.6 is 0 Å². The number of unbranched alkanes of at least 4 members (excludes halogenated alkanes) is 2. The van der Waals surface area contributed by atoms with Gasteiger partial charge in [-0.1, -0.05) is 76.0 Å². The lowest BCUT2D eigenvalue weighted by Gasteiger charge is -2.60. The van der Waals surface area contributed by atoms with Crippen LogP contribution in [0.1, 0.15) is 102 Å². The minimum absolute atomic E-state index is 0.00699. The smallest absolute Gasteiger partial charge is 0.410 e. The summed E-state index contributed by atoms with van der Waals surface area (Å²) in [6, 6.07) is 17.5. The summed E-state index contributed by atoms with van der Waals surface area (Å²) in [6.45, 7) is 12.7. The summed E-state index contributed by atoms with van der Waals surface area (Å²) >= 11 is 0. The van der Waals surface area contributed by atoms with E-state index in [0.29, 0.717) is 54.1 Å². The highest BCUT2D eigenvalue weighted by atomic mass is 19.1. The number of rotatable bonds is 22. The summed E-state index contributed by atoms with van der Waals surface area (Å²) in [5.74, 6) is -1.66. The summed E-state index contributed by atoms with van der Waals surface area (Å²) in [4.78, 5) is 33.2. The number of nitro benzene ring substituents is 1. The second kappa shape index (κ2) is 22.1. The molecule has 0 bridgehead atoms. The number of fused-ring (bicyclic) bond motifs is 2. The van der Waals surface area contributed by atoms with Gasteiger partial charge in [-0.3, -0.25) is 15.0 Å². The molecule has 64 heavy (non-hydrogen) atoms. The van der Waals surface area contributed by atoms with Crippen molar-refractivity contribution in [1.29, 1.82) is 0 Å². The largest absolute Gasteiger partial charge is 0.489 e. The number of carbonyl (C=O) groups excluding carboxylic acids is 1. The van der Waals surface area contributed by atoms with Crippen LogP contribution in [0, 0.1) is 39.1 Å². The van der Waals surface area contributed by atoms with E-state index in [1.54, 1.807) is 47.4 Å². The summed E-state index contributed by atoms with van der Waals surface area (Å²) < 4.78 is 41.4. The van der Waals surface area contributed by atoms with Gasteiger partial charge in [-0.25, -0.2) is 9.18 Å². The molecule has 3 aliphatic rings. The van der Waals surface area contributed by atoms with Crippen molar-refractivity contribution in [2.75, 3.05) is 33.0 Å². The van der Waals surface area contributed by atoms with Crippen LogP contribution in [-0.2, 0) is 27.5 Å². The SMILES string of the molecule is C=CCO[C@@]12Oc3ccc(OCc4ccccc4F)cc3[C@H]3[C@H](CCCCO)[C@@H](CCCCO)C=C(C(=NOCc4ccc([N+](=O)[O-])cc4)C[C@@H]1N(CCC)C(=O)OCC(C)(C)C)[C@H]32. The maximum Gasteiger partial charge on any atom is 0.410 e. The van der Waals surface area contributed by atoms with Crippen LogP contribution in [-0.4, -0.2) is 76.6 Å². The topological polar surface area (TPSA) is 162 Å². The Balaban J connectivity index is 1.55. The average Bonchev–Trinajstić information content (AvgIpc) is 3.27. The first-order valence-electron chi connectivity index (χ1n) is 22.6. The number of allylic oxidation sites excluding steroid dienone is 1. The summed E-state index contributed by atoms with van der Waals surface area (Å²) in [7, 11) is 0. The lowest BCUT2D eigenvalue weighted by molar-refractivity contribution is -0.384. The molecule has 346 valence electrons. The maximum atomic E-state index is 14.8. The van der Waals surface area contributed by atoms with Gasteiger partial charge < -0.3 is 34.0 Å². The van der Waals surface area contributed by atoms with Crippen molar-refractivity contribution in [1.82, 2.24) is 4.90 Å². The standard InChI is InChI=1S/C50H64FN3O10/c1-6-24-53(48(57)61-33-49(3,4)5)45-30-43(52-63-31-34-18-20-37(21-19-34)54(58)59)40-28-35(14-10-12-25-55)39(16-11-13-26-56)46-41-29-38(60-32-36-15-8-9-17-42(36)51)22-23-44(41)64-50(45,47(40)46)62-27-7-2/h7-9,15,17-23,28-29,35,39,45-47,55-56H,2,6,10-14,16,24-27,30-33H2,1,3-5H3/t35-,39+,45-,46+,47+,50+/m0/s1. The number of aliphatic hydroxyl groups excluding tert-OH is 2. The Hall–Kier alpha value is -5.31. The zero-order valence-electron chi connectivity index (χ0n) is 37.6. The number of halogens is 1. The number of hydrogen-bond acceptors (Lipinski definition) is 11. The van der Waals surface area contributed by atoms with Gasteiger partial charge in [0.15, 0.2) is 0 Å². The molecule has 1 fully saturated rings. The maximum absolute atomic E-state index is 14.8. The molecule has 0 radical (unpaired) electrons. The van der Waals surface area contributed by atoms with E-state index < -0.39 is 28.8 Å². The van der Waals surface area contributed by atoms with E-state index in [2.05, 4.69) is 12.7 Å². The zero-order valence-corrected chi connectivity index (χ0v) is 37.6. The average molecular weight is 886 g/mol. The number of oxime groups is 1. The predicted molar refractivity (Wildman–Crippen MR) is 241 cm³/mol. The van der Waals surface area contributed by atoms with Gasteiger partial charge in [0.2, 0.25) is 5.79 Å². The highest BCUT2D eigenvalue weighted by molar-refractivity contribution is 6.03. The molecule has 13 nitrogen and oxygen atoms in total. The van der Waals surface area contributed by atoms with Gasteiger partial charge in [-0.15, -0.1) is 6.58 Å². The Bertz CT molecular complexity index is 2120. The molecule has 1 aliphatic heterocycles. The number of ether oxygens (including phenoxy) is 4. The highest BCUT2D eigenvalue weighted by Gasteiger charge is 2.65. The lowest BCUT2D eigenvalue weighted by Crippen LogP contribution is -2.70. The fraction of sp³-hybridized carbons (Fsp3) is 0.520. The number of non-ortho nitro benzene ring substituents is 1. The molecule has 0 unspecified atom stereocenters. The molecule has 3 aromatic carbocycles. The summed E-state index contributed by atoms with van der Waals surface area (Å²) in [6.07, 6.45) is 8.44. The van der Waals surface area contributed by atoms with Gasteiger partial charge in [0, 0.05) is 55.4 Å². The van der Waals surface area contributed by atoms with Gasteiger partial charge in [-0.2, -0.15) is 0 Å². The molecule has 2 aliphatic carbocycles. The number of benzene rings is 3. The minimum Gasteiger partial charge on any atom is -0.489 e. The molecule has 0 saturated heterocycles. The van der Waals surface area contributed by atoms with E-state index in [0.717, 1.165) is 36.8 Å². The first-order valence-corrected chi connectivity index (χ1v) is 22.6. The van der Waals surface area contributed by atoms with E-state index in [1.165, 1.54) is 18.2 Å². The second-order valence-corrected chi connectivity index (χ2v) is 18.2. The van der Waals surface area contributed by atoms with Gasteiger partial charge >= 0.3 is 6.09 Å². The lowest BCUT2D eigenvalue weighted by atomic mass is 9.55. The third kappa shape index (κ3) is 11.3. The highest BCUT2D eigenvalue weighted by Crippen LogP contribution is 2.62. The van der Waals surface area contributed by atoms with E-state index >= 15 is 0 Å². The van der Waals surface area contributed by atoms with Crippen LogP contribution in [0.3, 0.4) is 0 Å². The molecule has 0 aromatic heterocycles. The van der Waals surface area contributed by atoms with Crippen LogP contribution in [0.25, 0.3) is 0 Å². The molecule has 2 N–H and O–H groups in total. The van der Waals surface area contributed by atoms with Crippen LogP contribution in [0.15, 0.2) is 96.2 Å². The van der Waals surface area contributed by atoms with Crippen molar-refractivity contribution in [2.24, 2.45) is 28.3 Å². The molecule has 6 rings (SSSR count). The first kappa shape index (κ1) is 48.2. The van der Waals surface area contributed by atoms with Crippen molar-refractivity contribution in [3.05, 3.63) is 124 Å². The van der Waals surface area contributed by atoms with E-state index in [9.17, 15) is 29.5 Å². The van der Waals surface area contributed by atoms with Crippen LogP contribution in [0.5, 0.6) is 11.5 Å². The predicted octanol–water partition coefficient (Wildman–Crippen LogP) is 10.0. The molecule has 1 amide bonds. The Labute approximate surface area is 376 Å². The van der Waals surface area contributed by atoms with E-state index in [1.807, 2.05) is 39.8 Å². The van der Waals surface area contributed by atoms with Crippen LogP contribution in [0.2, 0.25) is 0 Å². The summed E-state index contributed by atoms with van der Waals surface area (Å²) in [5.41, 5.74) is 3.08. The van der Waals surface area contributed by atoms with E-state index in [-0.39, 0.29) is 80.7 Å². The number of nitro groups is 1. The molecule has 0 spiro atoms. The normalized spacial score (nSPS) is 23.0. The number of hydrogen-bond donors (Lipinski definition) is 2. The molecule has 3 aromatic rings. The fourth-order valence-electron chi connectivity index (χ4n) is 9.39. The third-order valence-corrected chi connectivity index (χ3v) is 12.3. The van der Waals surface area contributed by atoms with Crippen molar-refractivity contribution in [2.45, 2.75) is 110 Å². The van der Waals surface area contributed by atoms with Gasteiger partial charge in [0.1, 0.15) is 36.6 Å². The molecule has 14 heteroatoms. The molecular formula is C50H64FN3O10. The molecule has 6 atom stereocenters. The number of amides is 1. The Kier molecular flexibility index (Phi) is 16.6. The first-order chi connectivity index (χ1) is 30.8. The van der Waals surface area contributed by atoms with Crippen molar-refractivity contribution < 1.29 is 48.1 Å². The Morgan fingerprint density at radius 1 is 1.05 bits per heavy atom. The van der Waals surface area contributed by atoms with Crippen LogP contribution < -0.4 is 9.47 Å². The monoisotopic (exact) mass is 885 g/mol. The minimum atomic E-state index is -1.48. The quantitative estimate of drug-likeness (QED) is 0.0430. The zero-order chi connectivity index (χ0) is 45.9. The number of carbonyl (C=O) groups is 1. The van der Waals surface area contributed by atoms with E-state index in [4.69, 9.17) is 28.9 Å². The van der Waals surface area contributed by atoms with Crippen LogP contribution in [0.4, 0.5) is 14.9 Å². The Morgan fingerprint density at radius 2 is 1.78 bits per heavy atom. The van der Waals surface area contributed by atoms with Gasteiger partial charge in [-0.05, 0) is 96.9 Å². The van der Waals surface area contributed by atoms with Crippen molar-refractivity contribution in [3.63, 3.8) is 0 Å². The Morgan fingerprint density at radius 3 is 2.45 bits per heavy atom. The summed E-state index contributed by atoms with van der Waals surface area (Å²) in [5, 5.41) is 36.1. The molecule has 1 heterocycles. The van der Waals surface area contributed by atoms with Crippen molar-refractivity contribution in [3.8, 4) is 11.5 Å². The second-order valence-electron chi connectivity index (χ2n) is 18.2. The van der Waals surface area contributed by atoms with Gasteiger partial charge in [0.25, 0.3) is 5.69 Å². The number of nitrogens with zero attached hydrogens (tertiary/aromatic N) is 3. The number of aliphatic hydroxyl groups is 2. The third-order valence-electron chi connectivity index (χ3n) is 12.3. The van der Waals surface area contributed by atoms with Gasteiger partial charge in [0.05, 0.1) is 29.8 Å². The molecular weight excluding hydrogens is 822 g/mol.